The number of fused-ring (bicyclic) bond motifs is 1. The summed E-state index contributed by atoms with van der Waals surface area (Å²) in [6.07, 6.45) is 0.681. The Balaban J connectivity index is 1.91. The van der Waals surface area contributed by atoms with Crippen LogP contribution in [0, 0.1) is 6.92 Å². The molecule has 2 aromatic rings. The standard InChI is InChI=1S/C19H19Cl2NO2/c1-11-4-7-17-14(8-11)16(10-19(2,3)24-17)22-18(23)13-6-5-12(20)9-15(13)21/h4-9,16H,10H2,1-3H3,(H,22,23)/t16-/m0/s1. The normalized spacial score (nSPS) is 18.5. The van der Waals surface area contributed by atoms with E-state index in [9.17, 15) is 4.79 Å². The van der Waals surface area contributed by atoms with Gasteiger partial charge < -0.3 is 10.1 Å². The summed E-state index contributed by atoms with van der Waals surface area (Å²) in [6, 6.07) is 10.8. The third-order valence-corrected chi connectivity index (χ3v) is 4.65. The molecule has 0 saturated carbocycles. The molecule has 3 nitrogen and oxygen atoms in total. The lowest BCUT2D eigenvalue weighted by Crippen LogP contribution is -2.41. The second kappa shape index (κ2) is 6.30. The number of halogens is 2. The first-order chi connectivity index (χ1) is 11.2. The highest BCUT2D eigenvalue weighted by molar-refractivity contribution is 6.36. The van der Waals surface area contributed by atoms with E-state index in [4.69, 9.17) is 27.9 Å². The molecule has 2 aromatic carbocycles. The topological polar surface area (TPSA) is 38.3 Å². The Labute approximate surface area is 151 Å². The Kier molecular flexibility index (Phi) is 4.50. The van der Waals surface area contributed by atoms with E-state index in [2.05, 4.69) is 11.4 Å². The van der Waals surface area contributed by atoms with Crippen LogP contribution in [0.2, 0.25) is 10.0 Å². The number of ether oxygens (including phenoxy) is 1. The number of carbonyl (C=O) groups excluding carboxylic acids is 1. The molecule has 1 atom stereocenters. The molecule has 0 bridgehead atoms. The number of hydrogen-bond donors (Lipinski definition) is 1. The highest BCUT2D eigenvalue weighted by Gasteiger charge is 2.34. The predicted octanol–water partition coefficient (Wildman–Crippen LogP) is 5.33. The minimum absolute atomic E-state index is 0.136. The first kappa shape index (κ1) is 17.1. The van der Waals surface area contributed by atoms with Crippen LogP contribution in [0.1, 0.15) is 47.8 Å². The van der Waals surface area contributed by atoms with Gasteiger partial charge in [0.15, 0.2) is 0 Å². The molecule has 0 radical (unpaired) electrons. The van der Waals surface area contributed by atoms with Crippen LogP contribution in [0.5, 0.6) is 5.75 Å². The van der Waals surface area contributed by atoms with Crippen molar-refractivity contribution < 1.29 is 9.53 Å². The molecule has 3 rings (SSSR count). The molecule has 5 heteroatoms. The fourth-order valence-electron chi connectivity index (χ4n) is 3.01. The van der Waals surface area contributed by atoms with Gasteiger partial charge in [-0.3, -0.25) is 4.79 Å². The lowest BCUT2D eigenvalue weighted by Gasteiger charge is -2.38. The summed E-state index contributed by atoms with van der Waals surface area (Å²) in [5.74, 6) is 0.594. The third kappa shape index (κ3) is 3.52. The fourth-order valence-corrected chi connectivity index (χ4v) is 3.51. The molecule has 0 fully saturated rings. The molecule has 1 N–H and O–H groups in total. The van der Waals surface area contributed by atoms with Crippen LogP contribution in [0.15, 0.2) is 36.4 Å². The monoisotopic (exact) mass is 363 g/mol. The largest absolute Gasteiger partial charge is 0.487 e. The van der Waals surface area contributed by atoms with Gasteiger partial charge >= 0.3 is 0 Å². The molecule has 0 aliphatic carbocycles. The van der Waals surface area contributed by atoms with Gasteiger partial charge in [-0.2, -0.15) is 0 Å². The summed E-state index contributed by atoms with van der Waals surface area (Å²) in [5.41, 5.74) is 2.18. The molecular weight excluding hydrogens is 345 g/mol. The zero-order valence-electron chi connectivity index (χ0n) is 13.8. The van der Waals surface area contributed by atoms with E-state index in [-0.39, 0.29) is 17.6 Å². The van der Waals surface area contributed by atoms with E-state index in [1.165, 1.54) is 0 Å². The second-order valence-electron chi connectivity index (χ2n) is 6.76. The number of rotatable bonds is 2. The van der Waals surface area contributed by atoms with Crippen LogP contribution >= 0.6 is 23.2 Å². The predicted molar refractivity (Wildman–Crippen MR) is 97.2 cm³/mol. The van der Waals surface area contributed by atoms with Crippen molar-refractivity contribution in [3.8, 4) is 5.75 Å². The van der Waals surface area contributed by atoms with Crippen molar-refractivity contribution in [3.63, 3.8) is 0 Å². The number of benzene rings is 2. The Morgan fingerprint density at radius 1 is 1.21 bits per heavy atom. The van der Waals surface area contributed by atoms with Gasteiger partial charge in [-0.05, 0) is 45.0 Å². The van der Waals surface area contributed by atoms with Crippen LogP contribution < -0.4 is 10.1 Å². The van der Waals surface area contributed by atoms with Gasteiger partial charge in [-0.1, -0.05) is 40.9 Å². The molecule has 0 spiro atoms. The number of amides is 1. The average molecular weight is 364 g/mol. The van der Waals surface area contributed by atoms with Crippen molar-refractivity contribution in [2.75, 3.05) is 0 Å². The first-order valence-electron chi connectivity index (χ1n) is 7.81. The Hall–Kier alpha value is -1.71. The van der Waals surface area contributed by atoms with Crippen molar-refractivity contribution in [2.45, 2.75) is 38.8 Å². The molecule has 1 amide bonds. The summed E-state index contributed by atoms with van der Waals surface area (Å²) in [4.78, 5) is 12.7. The molecular formula is C19H19Cl2NO2. The SMILES string of the molecule is Cc1ccc2c(c1)[C@@H](NC(=O)c1ccc(Cl)cc1Cl)CC(C)(C)O2. The van der Waals surface area contributed by atoms with Crippen LogP contribution in [-0.4, -0.2) is 11.5 Å². The van der Waals surface area contributed by atoms with Crippen LogP contribution in [0.25, 0.3) is 0 Å². The molecule has 0 aromatic heterocycles. The molecule has 1 heterocycles. The first-order valence-corrected chi connectivity index (χ1v) is 8.56. The molecule has 24 heavy (non-hydrogen) atoms. The van der Waals surface area contributed by atoms with Crippen molar-refractivity contribution >= 4 is 29.1 Å². The van der Waals surface area contributed by atoms with Gasteiger partial charge in [-0.25, -0.2) is 0 Å². The van der Waals surface area contributed by atoms with Gasteiger partial charge in [0.1, 0.15) is 11.4 Å². The number of aryl methyl sites for hydroxylation is 1. The van der Waals surface area contributed by atoms with Crippen molar-refractivity contribution in [2.24, 2.45) is 0 Å². The van der Waals surface area contributed by atoms with Crippen molar-refractivity contribution in [3.05, 3.63) is 63.1 Å². The van der Waals surface area contributed by atoms with E-state index >= 15 is 0 Å². The van der Waals surface area contributed by atoms with Crippen molar-refractivity contribution in [1.29, 1.82) is 0 Å². The molecule has 1 aliphatic rings. The minimum atomic E-state index is -0.357. The smallest absolute Gasteiger partial charge is 0.253 e. The number of hydrogen-bond acceptors (Lipinski definition) is 2. The molecule has 0 saturated heterocycles. The van der Waals surface area contributed by atoms with Gasteiger partial charge in [0.2, 0.25) is 0 Å². The summed E-state index contributed by atoms with van der Waals surface area (Å²) in [7, 11) is 0. The van der Waals surface area contributed by atoms with Crippen molar-refractivity contribution in [1.82, 2.24) is 5.32 Å². The summed E-state index contributed by atoms with van der Waals surface area (Å²) < 4.78 is 6.04. The number of nitrogens with one attached hydrogen (secondary N) is 1. The quantitative estimate of drug-likeness (QED) is 0.782. The Bertz CT molecular complexity index is 802. The maximum absolute atomic E-state index is 12.7. The summed E-state index contributed by atoms with van der Waals surface area (Å²) in [5, 5.41) is 3.94. The van der Waals surface area contributed by atoms with E-state index in [1.807, 2.05) is 32.9 Å². The minimum Gasteiger partial charge on any atom is -0.487 e. The second-order valence-corrected chi connectivity index (χ2v) is 7.60. The van der Waals surface area contributed by atoms with Crippen LogP contribution in [0.4, 0.5) is 0 Å². The van der Waals surface area contributed by atoms with E-state index in [0.29, 0.717) is 22.0 Å². The van der Waals surface area contributed by atoms with Gasteiger partial charge in [0, 0.05) is 17.0 Å². The van der Waals surface area contributed by atoms with E-state index < -0.39 is 0 Å². The number of carbonyl (C=O) groups is 1. The van der Waals surface area contributed by atoms with Crippen LogP contribution in [0.3, 0.4) is 0 Å². The third-order valence-electron chi connectivity index (χ3n) is 4.10. The fraction of sp³-hybridized carbons (Fsp3) is 0.316. The average Bonchev–Trinajstić information content (AvgIpc) is 2.47. The summed E-state index contributed by atoms with van der Waals surface area (Å²) >= 11 is 12.1. The van der Waals surface area contributed by atoms with Gasteiger partial charge in [0.25, 0.3) is 5.91 Å². The van der Waals surface area contributed by atoms with Gasteiger partial charge in [0.05, 0.1) is 16.6 Å². The Morgan fingerprint density at radius 3 is 2.67 bits per heavy atom. The van der Waals surface area contributed by atoms with E-state index in [1.54, 1.807) is 18.2 Å². The maximum Gasteiger partial charge on any atom is 0.253 e. The van der Waals surface area contributed by atoms with Crippen LogP contribution in [-0.2, 0) is 0 Å². The lowest BCUT2D eigenvalue weighted by atomic mass is 9.88. The lowest BCUT2D eigenvalue weighted by molar-refractivity contribution is 0.0619. The van der Waals surface area contributed by atoms with E-state index in [0.717, 1.165) is 16.9 Å². The molecule has 1 aliphatic heterocycles. The zero-order valence-corrected chi connectivity index (χ0v) is 15.3. The Morgan fingerprint density at radius 2 is 1.96 bits per heavy atom. The van der Waals surface area contributed by atoms with Gasteiger partial charge in [-0.15, -0.1) is 0 Å². The molecule has 126 valence electrons. The zero-order chi connectivity index (χ0) is 17.5. The highest BCUT2D eigenvalue weighted by Crippen LogP contribution is 2.40. The summed E-state index contributed by atoms with van der Waals surface area (Å²) in [6.45, 7) is 6.06. The maximum atomic E-state index is 12.7. The molecule has 0 unspecified atom stereocenters. The highest BCUT2D eigenvalue weighted by atomic mass is 35.5.